The minimum absolute atomic E-state index is 0.0388. The van der Waals surface area contributed by atoms with Crippen molar-refractivity contribution in [2.75, 3.05) is 22.6 Å². The number of carbonyl (C=O) groups is 1. The van der Waals surface area contributed by atoms with Crippen LogP contribution in [0.15, 0.2) is 53.4 Å². The fraction of sp³-hybridized carbons (Fsp3) is 0.278. The van der Waals surface area contributed by atoms with Gasteiger partial charge < -0.3 is 5.32 Å². The summed E-state index contributed by atoms with van der Waals surface area (Å²) in [6.07, 6.45) is 0. The molecule has 1 heterocycles. The Bertz CT molecular complexity index is 875. The van der Waals surface area contributed by atoms with Gasteiger partial charge in [0.2, 0.25) is 0 Å². The van der Waals surface area contributed by atoms with Gasteiger partial charge in [0.15, 0.2) is 9.84 Å². The van der Waals surface area contributed by atoms with Crippen LogP contribution < -0.4 is 5.32 Å². The highest BCUT2D eigenvalue weighted by atomic mass is 32.2. The van der Waals surface area contributed by atoms with Crippen molar-refractivity contribution in [2.24, 2.45) is 0 Å². The van der Waals surface area contributed by atoms with Crippen molar-refractivity contribution in [1.82, 2.24) is 0 Å². The minimum Gasteiger partial charge on any atom is -0.322 e. The molecular formula is C18H19NO3S3. The fourth-order valence-corrected chi connectivity index (χ4v) is 6.52. The lowest BCUT2D eigenvalue weighted by molar-refractivity contribution is 0.102. The zero-order chi connectivity index (χ0) is 17.9. The first-order valence-electron chi connectivity index (χ1n) is 7.97. The zero-order valence-electron chi connectivity index (χ0n) is 13.8. The Hall–Kier alpha value is -1.44. The third kappa shape index (κ3) is 4.22. The highest BCUT2D eigenvalue weighted by Gasteiger charge is 2.21. The number of hydrogen-bond donors (Lipinski definition) is 1. The van der Waals surface area contributed by atoms with Gasteiger partial charge >= 0.3 is 0 Å². The van der Waals surface area contributed by atoms with E-state index in [4.69, 9.17) is 0 Å². The maximum atomic E-state index is 12.6. The van der Waals surface area contributed by atoms with E-state index in [0.29, 0.717) is 10.3 Å². The van der Waals surface area contributed by atoms with Crippen LogP contribution in [-0.4, -0.2) is 31.6 Å². The molecule has 7 heteroatoms. The molecule has 25 heavy (non-hydrogen) atoms. The van der Waals surface area contributed by atoms with Crippen molar-refractivity contribution in [3.8, 4) is 0 Å². The van der Waals surface area contributed by atoms with Gasteiger partial charge in [0, 0.05) is 17.2 Å². The molecule has 0 saturated carbocycles. The molecule has 1 N–H and O–H groups in total. The first-order chi connectivity index (χ1) is 12.0. The lowest BCUT2D eigenvalue weighted by Gasteiger charge is -2.13. The van der Waals surface area contributed by atoms with Gasteiger partial charge in [-0.15, -0.1) is 23.5 Å². The number of amides is 1. The highest BCUT2D eigenvalue weighted by molar-refractivity contribution is 8.19. The first-order valence-corrected chi connectivity index (χ1v) is 11.7. The SMILES string of the molecule is CCS(=O)(=O)c1ccccc1C(=O)Nc1cccc(C2SCCS2)c1. The van der Waals surface area contributed by atoms with Crippen molar-refractivity contribution in [1.29, 1.82) is 0 Å². The molecule has 1 aliphatic heterocycles. The second kappa shape index (κ2) is 7.85. The van der Waals surface area contributed by atoms with Crippen LogP contribution in [0.5, 0.6) is 0 Å². The van der Waals surface area contributed by atoms with E-state index in [9.17, 15) is 13.2 Å². The van der Waals surface area contributed by atoms with Gasteiger partial charge in [0.25, 0.3) is 5.91 Å². The largest absolute Gasteiger partial charge is 0.322 e. The number of benzene rings is 2. The summed E-state index contributed by atoms with van der Waals surface area (Å²) in [4.78, 5) is 12.7. The Balaban J connectivity index is 1.85. The molecule has 2 aromatic rings. The normalized spacial score (nSPS) is 15.2. The Morgan fingerprint density at radius 3 is 2.56 bits per heavy atom. The van der Waals surface area contributed by atoms with Crippen LogP contribution in [0.4, 0.5) is 5.69 Å². The molecule has 0 radical (unpaired) electrons. The molecule has 0 aromatic heterocycles. The van der Waals surface area contributed by atoms with E-state index in [2.05, 4.69) is 11.4 Å². The number of thioether (sulfide) groups is 2. The number of carbonyl (C=O) groups excluding carboxylic acids is 1. The topological polar surface area (TPSA) is 63.2 Å². The van der Waals surface area contributed by atoms with E-state index in [-0.39, 0.29) is 16.2 Å². The summed E-state index contributed by atoms with van der Waals surface area (Å²) >= 11 is 3.80. The summed E-state index contributed by atoms with van der Waals surface area (Å²) in [5, 5.41) is 2.84. The van der Waals surface area contributed by atoms with E-state index in [1.165, 1.54) is 11.6 Å². The number of sulfone groups is 1. The first kappa shape index (κ1) is 18.4. The molecule has 3 rings (SSSR count). The predicted octanol–water partition coefficient (Wildman–Crippen LogP) is 4.21. The lowest BCUT2D eigenvalue weighted by atomic mass is 10.2. The van der Waals surface area contributed by atoms with Crippen LogP contribution in [0.3, 0.4) is 0 Å². The second-order valence-corrected chi connectivity index (χ2v) is 10.5. The molecule has 2 aromatic carbocycles. The molecule has 0 unspecified atom stereocenters. The van der Waals surface area contributed by atoms with E-state index in [0.717, 1.165) is 11.5 Å². The van der Waals surface area contributed by atoms with Gasteiger partial charge in [-0.2, -0.15) is 0 Å². The predicted molar refractivity (Wildman–Crippen MR) is 106 cm³/mol. The molecule has 1 fully saturated rings. The lowest BCUT2D eigenvalue weighted by Crippen LogP contribution is -2.17. The molecule has 0 atom stereocenters. The van der Waals surface area contributed by atoms with Gasteiger partial charge in [0.05, 0.1) is 20.8 Å². The van der Waals surface area contributed by atoms with Crippen LogP contribution in [0.2, 0.25) is 0 Å². The Kier molecular flexibility index (Phi) is 5.76. The van der Waals surface area contributed by atoms with Gasteiger partial charge in [-0.1, -0.05) is 31.2 Å². The summed E-state index contributed by atoms with van der Waals surface area (Å²) in [5.74, 6) is 1.82. The maximum Gasteiger partial charge on any atom is 0.256 e. The average Bonchev–Trinajstić information content (AvgIpc) is 3.16. The maximum absolute atomic E-state index is 12.6. The Morgan fingerprint density at radius 1 is 1.12 bits per heavy atom. The molecule has 0 aliphatic carbocycles. The molecule has 0 spiro atoms. The molecule has 132 valence electrons. The Labute approximate surface area is 156 Å². The van der Waals surface area contributed by atoms with Crippen LogP contribution >= 0.6 is 23.5 Å². The zero-order valence-corrected chi connectivity index (χ0v) is 16.2. The number of nitrogens with one attached hydrogen (secondary N) is 1. The number of anilines is 1. The summed E-state index contributed by atoms with van der Waals surface area (Å²) in [6.45, 7) is 1.57. The van der Waals surface area contributed by atoms with Crippen molar-refractivity contribution in [3.63, 3.8) is 0 Å². The summed E-state index contributed by atoms with van der Waals surface area (Å²) in [5.41, 5.74) is 2.03. The highest BCUT2D eigenvalue weighted by Crippen LogP contribution is 2.45. The van der Waals surface area contributed by atoms with Crippen LogP contribution in [-0.2, 0) is 9.84 Å². The molecule has 0 bridgehead atoms. The van der Waals surface area contributed by atoms with E-state index < -0.39 is 15.7 Å². The fourth-order valence-electron chi connectivity index (χ4n) is 2.59. The third-order valence-electron chi connectivity index (χ3n) is 3.89. The molecule has 1 saturated heterocycles. The summed E-state index contributed by atoms with van der Waals surface area (Å²) in [6, 6.07) is 14.1. The molecule has 4 nitrogen and oxygen atoms in total. The third-order valence-corrected chi connectivity index (χ3v) is 8.78. The quantitative estimate of drug-likeness (QED) is 0.824. The van der Waals surface area contributed by atoms with Gasteiger partial charge in [-0.25, -0.2) is 8.42 Å². The molecule has 1 amide bonds. The molecule has 1 aliphatic rings. The van der Waals surface area contributed by atoms with Crippen molar-refractivity contribution in [2.45, 2.75) is 16.4 Å². The van der Waals surface area contributed by atoms with Gasteiger partial charge in [-0.05, 0) is 29.8 Å². The van der Waals surface area contributed by atoms with Crippen molar-refractivity contribution < 1.29 is 13.2 Å². The van der Waals surface area contributed by atoms with Crippen molar-refractivity contribution >= 4 is 45.0 Å². The monoisotopic (exact) mass is 393 g/mol. The van der Waals surface area contributed by atoms with Crippen molar-refractivity contribution in [3.05, 3.63) is 59.7 Å². The number of hydrogen-bond acceptors (Lipinski definition) is 5. The van der Waals surface area contributed by atoms with Crippen LogP contribution in [0.25, 0.3) is 0 Å². The standard InChI is InChI=1S/C18H19NO3S3/c1-2-25(21,22)16-9-4-3-8-15(16)17(20)19-14-7-5-6-13(12-14)18-23-10-11-24-18/h3-9,12,18H,2,10-11H2,1H3,(H,19,20). The van der Waals surface area contributed by atoms with E-state index >= 15 is 0 Å². The Morgan fingerprint density at radius 2 is 1.84 bits per heavy atom. The number of rotatable bonds is 5. The van der Waals surface area contributed by atoms with Crippen LogP contribution in [0, 0.1) is 0 Å². The summed E-state index contributed by atoms with van der Waals surface area (Å²) in [7, 11) is -3.45. The van der Waals surface area contributed by atoms with Gasteiger partial charge in [-0.3, -0.25) is 4.79 Å². The second-order valence-electron chi connectivity index (χ2n) is 5.55. The van der Waals surface area contributed by atoms with Gasteiger partial charge in [0.1, 0.15) is 0 Å². The summed E-state index contributed by atoms with van der Waals surface area (Å²) < 4.78 is 24.8. The average molecular weight is 394 g/mol. The van der Waals surface area contributed by atoms with E-state index in [1.807, 2.05) is 41.7 Å². The minimum atomic E-state index is -3.45. The van der Waals surface area contributed by atoms with E-state index in [1.54, 1.807) is 25.1 Å². The molecular weight excluding hydrogens is 374 g/mol. The van der Waals surface area contributed by atoms with Crippen LogP contribution in [0.1, 0.15) is 27.4 Å². The smallest absolute Gasteiger partial charge is 0.256 e.